The summed E-state index contributed by atoms with van der Waals surface area (Å²) in [7, 11) is 1.02. The van der Waals surface area contributed by atoms with Gasteiger partial charge in [-0.15, -0.1) is 0 Å². The van der Waals surface area contributed by atoms with E-state index in [0.717, 1.165) is 13.2 Å². The van der Waals surface area contributed by atoms with E-state index in [1.807, 2.05) is 6.92 Å². The van der Waals surface area contributed by atoms with E-state index in [4.69, 9.17) is 4.42 Å². The number of carboxylic acid groups (broad SMARTS) is 1. The third-order valence-corrected chi connectivity index (χ3v) is 4.72. The standard InChI is InChI=1S/C21H19FN2O7/c1-4-12(14-6-5-9(2)31-14)23-16-17(19(26)18(16)25)24-13-8-10(22)7-11(21(29)30-3)15(13)20(27)28/h5-8,12,23-24H,4H2,1-3H3,(H,27,28)/t12-/m1/s1. The van der Waals surface area contributed by atoms with Gasteiger partial charge in [-0.05, 0) is 37.6 Å². The molecule has 3 aromatic rings. The average molecular weight is 430 g/mol. The van der Waals surface area contributed by atoms with E-state index in [-0.39, 0.29) is 17.1 Å². The van der Waals surface area contributed by atoms with Gasteiger partial charge >= 0.3 is 11.9 Å². The number of benzene rings is 1. The van der Waals surface area contributed by atoms with Gasteiger partial charge in [0.25, 0.3) is 10.9 Å². The van der Waals surface area contributed by atoms with E-state index >= 15 is 0 Å². The molecule has 0 saturated heterocycles. The van der Waals surface area contributed by atoms with E-state index in [1.54, 1.807) is 19.1 Å². The number of halogens is 1. The first-order valence-electron chi connectivity index (χ1n) is 9.26. The van der Waals surface area contributed by atoms with E-state index in [2.05, 4.69) is 15.4 Å². The molecular formula is C21H19FN2O7. The normalized spacial score (nSPS) is 11.9. The molecular weight excluding hydrogens is 411 g/mol. The van der Waals surface area contributed by atoms with Crippen molar-refractivity contribution in [3.63, 3.8) is 0 Å². The lowest BCUT2D eigenvalue weighted by atomic mass is 10.0. The van der Waals surface area contributed by atoms with Crippen LogP contribution in [0.1, 0.15) is 51.6 Å². The number of carbonyl (C=O) groups is 2. The molecule has 0 aliphatic heterocycles. The first-order valence-corrected chi connectivity index (χ1v) is 9.26. The van der Waals surface area contributed by atoms with Crippen molar-refractivity contribution in [3.8, 4) is 0 Å². The Morgan fingerprint density at radius 3 is 2.42 bits per heavy atom. The van der Waals surface area contributed by atoms with Crippen LogP contribution in [0.2, 0.25) is 0 Å². The number of aryl methyl sites for hydroxylation is 1. The first-order chi connectivity index (χ1) is 14.7. The molecule has 0 radical (unpaired) electrons. The highest BCUT2D eigenvalue weighted by molar-refractivity contribution is 6.07. The second-order valence-electron chi connectivity index (χ2n) is 6.76. The molecule has 0 saturated carbocycles. The Morgan fingerprint density at radius 2 is 1.87 bits per heavy atom. The van der Waals surface area contributed by atoms with Crippen LogP contribution < -0.4 is 21.5 Å². The lowest BCUT2D eigenvalue weighted by Crippen LogP contribution is -2.37. The molecule has 0 amide bonds. The van der Waals surface area contributed by atoms with E-state index in [1.165, 1.54) is 0 Å². The van der Waals surface area contributed by atoms with Gasteiger partial charge in [0.1, 0.15) is 28.7 Å². The Hall–Kier alpha value is -3.95. The van der Waals surface area contributed by atoms with E-state index in [0.29, 0.717) is 24.0 Å². The van der Waals surface area contributed by atoms with Gasteiger partial charge in [0.2, 0.25) is 0 Å². The Bertz CT molecular complexity index is 1240. The highest BCUT2D eigenvalue weighted by Crippen LogP contribution is 2.31. The van der Waals surface area contributed by atoms with Gasteiger partial charge in [0.15, 0.2) is 0 Å². The van der Waals surface area contributed by atoms with Crippen LogP contribution in [0.25, 0.3) is 0 Å². The zero-order valence-electron chi connectivity index (χ0n) is 16.9. The van der Waals surface area contributed by atoms with Crippen molar-refractivity contribution >= 4 is 29.0 Å². The summed E-state index contributed by atoms with van der Waals surface area (Å²) in [6, 6.07) is 4.57. The number of nitrogens with one attached hydrogen (secondary N) is 2. The molecule has 1 atom stereocenters. The molecule has 3 N–H and O–H groups in total. The van der Waals surface area contributed by atoms with Crippen molar-refractivity contribution in [1.29, 1.82) is 0 Å². The zero-order chi connectivity index (χ0) is 22.9. The minimum absolute atomic E-state index is 0.0916. The van der Waals surface area contributed by atoms with Crippen molar-refractivity contribution < 1.29 is 28.2 Å². The molecule has 2 aromatic carbocycles. The Kier molecular flexibility index (Phi) is 5.91. The lowest BCUT2D eigenvalue weighted by molar-refractivity contribution is 0.0582. The van der Waals surface area contributed by atoms with Crippen molar-refractivity contribution in [2.45, 2.75) is 26.3 Å². The van der Waals surface area contributed by atoms with Crippen molar-refractivity contribution in [2.24, 2.45) is 0 Å². The maximum atomic E-state index is 14.1. The van der Waals surface area contributed by atoms with Crippen LogP contribution in [-0.4, -0.2) is 24.2 Å². The van der Waals surface area contributed by atoms with Crippen LogP contribution >= 0.6 is 0 Å². The first kappa shape index (κ1) is 21.8. The molecule has 1 heterocycles. The molecule has 31 heavy (non-hydrogen) atoms. The monoisotopic (exact) mass is 430 g/mol. The summed E-state index contributed by atoms with van der Waals surface area (Å²) < 4.78 is 24.1. The molecule has 0 aliphatic rings. The number of hydrogen-bond donors (Lipinski definition) is 3. The summed E-state index contributed by atoms with van der Waals surface area (Å²) in [5.41, 5.74) is -3.56. The van der Waals surface area contributed by atoms with Gasteiger partial charge < -0.3 is 24.9 Å². The number of methoxy groups -OCH3 is 1. The predicted octanol–water partition coefficient (Wildman–Crippen LogP) is 3.11. The van der Waals surface area contributed by atoms with Crippen LogP contribution in [0.4, 0.5) is 21.5 Å². The van der Waals surface area contributed by atoms with Gasteiger partial charge in [0.05, 0.1) is 30.0 Å². The topological polar surface area (TPSA) is 135 Å². The molecule has 3 rings (SSSR count). The summed E-state index contributed by atoms with van der Waals surface area (Å²) in [6.07, 6.45) is 0.512. The van der Waals surface area contributed by atoms with Gasteiger partial charge in [-0.25, -0.2) is 14.0 Å². The number of furan rings is 1. The maximum absolute atomic E-state index is 14.1. The Labute approximate surface area is 175 Å². The number of rotatable bonds is 8. The molecule has 10 heteroatoms. The fourth-order valence-corrected chi connectivity index (χ4v) is 3.18. The predicted molar refractivity (Wildman–Crippen MR) is 109 cm³/mol. The van der Waals surface area contributed by atoms with Crippen molar-refractivity contribution in [3.05, 3.63) is 73.2 Å². The minimum atomic E-state index is -1.55. The number of carboxylic acids is 1. The second kappa shape index (κ2) is 8.42. The van der Waals surface area contributed by atoms with Crippen LogP contribution in [0.5, 0.6) is 0 Å². The molecule has 0 unspecified atom stereocenters. The number of aromatic carboxylic acids is 1. The summed E-state index contributed by atoms with van der Waals surface area (Å²) in [5.74, 6) is -2.33. The number of ether oxygens (including phenoxy) is 1. The zero-order valence-corrected chi connectivity index (χ0v) is 16.9. The molecule has 162 valence electrons. The van der Waals surface area contributed by atoms with Gasteiger partial charge in [0, 0.05) is 0 Å². The highest BCUT2D eigenvalue weighted by Gasteiger charge is 2.28. The Balaban J connectivity index is 2.02. The van der Waals surface area contributed by atoms with Gasteiger partial charge in [-0.3, -0.25) is 9.59 Å². The highest BCUT2D eigenvalue weighted by atomic mass is 19.1. The molecule has 0 aliphatic carbocycles. The van der Waals surface area contributed by atoms with Crippen molar-refractivity contribution in [2.75, 3.05) is 17.7 Å². The Morgan fingerprint density at radius 1 is 1.19 bits per heavy atom. The van der Waals surface area contributed by atoms with Gasteiger partial charge in [-0.1, -0.05) is 6.92 Å². The SMILES string of the molecule is CC[C@@H](Nc1c(Nc2cc(F)cc(C(=O)OC)c2C(=O)O)c(=O)c1=O)c1ccc(C)o1. The molecule has 0 spiro atoms. The second-order valence-corrected chi connectivity index (χ2v) is 6.76. The van der Waals surface area contributed by atoms with Crippen LogP contribution in [-0.2, 0) is 4.74 Å². The van der Waals surface area contributed by atoms with Gasteiger partial charge in [-0.2, -0.15) is 0 Å². The molecule has 9 nitrogen and oxygen atoms in total. The fraction of sp³-hybridized carbons (Fsp3) is 0.238. The minimum Gasteiger partial charge on any atom is -0.478 e. The summed E-state index contributed by atoms with van der Waals surface area (Å²) in [6.45, 7) is 3.60. The van der Waals surface area contributed by atoms with E-state index in [9.17, 15) is 28.7 Å². The third kappa shape index (κ3) is 4.04. The van der Waals surface area contributed by atoms with Crippen LogP contribution in [0.15, 0.2) is 38.3 Å². The smallest absolute Gasteiger partial charge is 0.338 e. The quantitative estimate of drug-likeness (QED) is 0.364. The van der Waals surface area contributed by atoms with Crippen LogP contribution in [0.3, 0.4) is 0 Å². The fourth-order valence-electron chi connectivity index (χ4n) is 3.18. The number of hydrogen-bond acceptors (Lipinski definition) is 8. The number of esters is 1. The third-order valence-electron chi connectivity index (χ3n) is 4.72. The summed E-state index contributed by atoms with van der Waals surface area (Å²) in [5, 5.41) is 14.9. The average Bonchev–Trinajstić information content (AvgIpc) is 3.17. The molecule has 1 aromatic heterocycles. The van der Waals surface area contributed by atoms with E-state index < -0.39 is 45.8 Å². The lowest BCUT2D eigenvalue weighted by Gasteiger charge is -2.21. The maximum Gasteiger partial charge on any atom is 0.338 e. The summed E-state index contributed by atoms with van der Waals surface area (Å²) in [4.78, 5) is 47.9. The molecule has 0 fully saturated rings. The number of anilines is 3. The van der Waals surface area contributed by atoms with Crippen molar-refractivity contribution in [1.82, 2.24) is 0 Å². The largest absolute Gasteiger partial charge is 0.478 e. The van der Waals surface area contributed by atoms with Crippen LogP contribution in [0, 0.1) is 12.7 Å². The summed E-state index contributed by atoms with van der Waals surface area (Å²) >= 11 is 0. The number of carbonyl (C=O) groups excluding carboxylic acids is 1. The molecule has 0 bridgehead atoms.